The topological polar surface area (TPSA) is 41.6 Å². The van der Waals surface area contributed by atoms with E-state index >= 15 is 0 Å². The number of nitrogens with one attached hydrogen (secondary N) is 1. The third-order valence-electron chi connectivity index (χ3n) is 3.33. The Morgan fingerprint density at radius 2 is 2.14 bits per heavy atom. The normalized spacial score (nSPS) is 19.4. The third kappa shape index (κ3) is 5.00. The van der Waals surface area contributed by atoms with Crippen LogP contribution in [0.1, 0.15) is 26.3 Å². The lowest BCUT2D eigenvalue weighted by atomic mass is 10.0. The molecule has 1 saturated heterocycles. The third-order valence-corrected chi connectivity index (χ3v) is 4.10. The minimum Gasteiger partial charge on any atom is -0.444 e. The van der Waals surface area contributed by atoms with E-state index in [-0.39, 0.29) is 12.1 Å². The summed E-state index contributed by atoms with van der Waals surface area (Å²) in [5.41, 5.74) is 0.806. The number of amides is 1. The highest BCUT2D eigenvalue weighted by Gasteiger charge is 2.27. The zero-order valence-electron chi connectivity index (χ0n) is 12.9. The summed E-state index contributed by atoms with van der Waals surface area (Å²) in [4.78, 5) is 13.9. The van der Waals surface area contributed by atoms with Gasteiger partial charge in [0.05, 0.1) is 0 Å². The monoisotopic (exact) mass is 354 g/mol. The number of benzene rings is 1. The van der Waals surface area contributed by atoms with E-state index in [1.165, 1.54) is 5.56 Å². The van der Waals surface area contributed by atoms with E-state index in [1.807, 2.05) is 39.0 Å². The largest absolute Gasteiger partial charge is 0.444 e. The molecular formula is C16H23BrN2O2. The summed E-state index contributed by atoms with van der Waals surface area (Å²) >= 11 is 3.57. The summed E-state index contributed by atoms with van der Waals surface area (Å²) in [6.45, 7) is 7.86. The number of nitrogens with zero attached hydrogens (tertiary/aromatic N) is 1. The van der Waals surface area contributed by atoms with E-state index in [1.54, 1.807) is 4.90 Å². The van der Waals surface area contributed by atoms with Crippen LogP contribution in [0.5, 0.6) is 0 Å². The van der Waals surface area contributed by atoms with Gasteiger partial charge in [-0.2, -0.15) is 0 Å². The molecule has 1 amide bonds. The van der Waals surface area contributed by atoms with Gasteiger partial charge in [0, 0.05) is 30.1 Å². The standard InChI is InChI=1S/C16H23BrN2O2/c1-16(2,3)21-15(20)19-9-8-18-13(11-19)10-12-6-4-5-7-14(12)17/h4-7,13,18H,8-11H2,1-3H3/t13-/m0/s1. The second-order valence-corrected chi connectivity index (χ2v) is 7.23. The van der Waals surface area contributed by atoms with E-state index in [4.69, 9.17) is 4.74 Å². The molecule has 0 spiro atoms. The summed E-state index contributed by atoms with van der Waals surface area (Å²) in [5.74, 6) is 0. The van der Waals surface area contributed by atoms with Crippen LogP contribution in [0.2, 0.25) is 0 Å². The summed E-state index contributed by atoms with van der Waals surface area (Å²) < 4.78 is 6.56. The molecule has 1 aromatic rings. The van der Waals surface area contributed by atoms with Gasteiger partial charge in [-0.15, -0.1) is 0 Å². The number of halogens is 1. The van der Waals surface area contributed by atoms with Crippen LogP contribution in [-0.4, -0.2) is 42.3 Å². The molecule has 1 aliphatic rings. The second kappa shape index (κ2) is 6.79. The number of ether oxygens (including phenoxy) is 1. The zero-order valence-corrected chi connectivity index (χ0v) is 14.4. The molecule has 0 radical (unpaired) electrons. The van der Waals surface area contributed by atoms with Crippen LogP contribution in [0.3, 0.4) is 0 Å². The fourth-order valence-corrected chi connectivity index (χ4v) is 2.83. The van der Waals surface area contributed by atoms with Crippen molar-refractivity contribution < 1.29 is 9.53 Å². The first kappa shape index (κ1) is 16.3. The first-order valence-corrected chi connectivity index (χ1v) is 8.09. The number of hydrogen-bond donors (Lipinski definition) is 1. The molecule has 2 rings (SSSR count). The minimum absolute atomic E-state index is 0.221. The van der Waals surface area contributed by atoms with Crippen LogP contribution < -0.4 is 5.32 Å². The van der Waals surface area contributed by atoms with Crippen molar-refractivity contribution in [1.82, 2.24) is 10.2 Å². The maximum absolute atomic E-state index is 12.1. The molecule has 0 unspecified atom stereocenters. The fraction of sp³-hybridized carbons (Fsp3) is 0.562. The Hall–Kier alpha value is -1.07. The Morgan fingerprint density at radius 3 is 2.81 bits per heavy atom. The molecule has 1 fully saturated rings. The first-order valence-electron chi connectivity index (χ1n) is 7.30. The first-order chi connectivity index (χ1) is 9.85. The van der Waals surface area contributed by atoms with Crippen LogP contribution in [0.4, 0.5) is 4.79 Å². The highest BCUT2D eigenvalue weighted by atomic mass is 79.9. The molecule has 1 aliphatic heterocycles. The Balaban J connectivity index is 1.95. The Morgan fingerprint density at radius 1 is 1.43 bits per heavy atom. The summed E-state index contributed by atoms with van der Waals surface area (Å²) in [7, 11) is 0. The van der Waals surface area contributed by atoms with Gasteiger partial charge in [-0.1, -0.05) is 34.1 Å². The van der Waals surface area contributed by atoms with Crippen molar-refractivity contribution in [2.24, 2.45) is 0 Å². The fourth-order valence-electron chi connectivity index (χ4n) is 2.38. The quantitative estimate of drug-likeness (QED) is 0.886. The van der Waals surface area contributed by atoms with Crippen LogP contribution in [0, 0.1) is 0 Å². The van der Waals surface area contributed by atoms with Gasteiger partial charge in [-0.25, -0.2) is 4.79 Å². The van der Waals surface area contributed by atoms with E-state index in [2.05, 4.69) is 27.3 Å². The average Bonchev–Trinajstić information content (AvgIpc) is 2.40. The van der Waals surface area contributed by atoms with E-state index < -0.39 is 5.60 Å². The average molecular weight is 355 g/mol. The molecule has 0 saturated carbocycles. The molecule has 5 heteroatoms. The molecule has 0 aliphatic carbocycles. The Labute approximate surface area is 135 Å². The highest BCUT2D eigenvalue weighted by Crippen LogP contribution is 2.19. The predicted molar refractivity (Wildman–Crippen MR) is 87.4 cm³/mol. The summed E-state index contributed by atoms with van der Waals surface area (Å²) in [6, 6.07) is 8.45. The summed E-state index contributed by atoms with van der Waals surface area (Å²) in [5, 5.41) is 3.47. The van der Waals surface area contributed by atoms with Crippen LogP contribution in [-0.2, 0) is 11.2 Å². The van der Waals surface area contributed by atoms with Crippen molar-refractivity contribution >= 4 is 22.0 Å². The molecule has 1 atom stereocenters. The van der Waals surface area contributed by atoms with Crippen molar-refractivity contribution in [3.8, 4) is 0 Å². The molecule has 1 heterocycles. The predicted octanol–water partition coefficient (Wildman–Crippen LogP) is 3.20. The van der Waals surface area contributed by atoms with E-state index in [9.17, 15) is 4.79 Å². The van der Waals surface area contributed by atoms with Crippen LogP contribution in [0.15, 0.2) is 28.7 Å². The molecule has 1 aromatic carbocycles. The van der Waals surface area contributed by atoms with Gasteiger partial charge < -0.3 is 15.0 Å². The Bertz CT molecular complexity index is 499. The van der Waals surface area contributed by atoms with Crippen molar-refractivity contribution in [3.63, 3.8) is 0 Å². The maximum Gasteiger partial charge on any atom is 0.410 e. The summed E-state index contributed by atoms with van der Waals surface area (Å²) in [6.07, 6.45) is 0.668. The van der Waals surface area contributed by atoms with Gasteiger partial charge in [-0.3, -0.25) is 0 Å². The van der Waals surface area contributed by atoms with Gasteiger partial charge in [0.2, 0.25) is 0 Å². The number of carbonyl (C=O) groups is 1. The molecule has 0 aromatic heterocycles. The lowest BCUT2D eigenvalue weighted by molar-refractivity contribution is 0.0195. The lowest BCUT2D eigenvalue weighted by Gasteiger charge is -2.35. The minimum atomic E-state index is -0.445. The van der Waals surface area contributed by atoms with Gasteiger partial charge in [0.1, 0.15) is 5.60 Å². The molecule has 21 heavy (non-hydrogen) atoms. The second-order valence-electron chi connectivity index (χ2n) is 6.37. The number of carbonyl (C=O) groups excluding carboxylic acids is 1. The van der Waals surface area contributed by atoms with Gasteiger partial charge >= 0.3 is 6.09 Å². The molecular weight excluding hydrogens is 332 g/mol. The lowest BCUT2D eigenvalue weighted by Crippen LogP contribution is -2.54. The number of hydrogen-bond acceptors (Lipinski definition) is 3. The highest BCUT2D eigenvalue weighted by molar-refractivity contribution is 9.10. The molecule has 1 N–H and O–H groups in total. The van der Waals surface area contributed by atoms with Gasteiger partial charge in [0.25, 0.3) is 0 Å². The van der Waals surface area contributed by atoms with Crippen molar-refractivity contribution in [2.45, 2.75) is 38.8 Å². The molecule has 116 valence electrons. The molecule has 4 nitrogen and oxygen atoms in total. The van der Waals surface area contributed by atoms with E-state index in [0.717, 1.165) is 17.4 Å². The maximum atomic E-state index is 12.1. The van der Waals surface area contributed by atoms with Crippen molar-refractivity contribution in [1.29, 1.82) is 0 Å². The van der Waals surface area contributed by atoms with Crippen molar-refractivity contribution in [3.05, 3.63) is 34.3 Å². The zero-order chi connectivity index (χ0) is 15.5. The van der Waals surface area contributed by atoms with Crippen LogP contribution >= 0.6 is 15.9 Å². The van der Waals surface area contributed by atoms with Gasteiger partial charge in [-0.05, 0) is 38.8 Å². The van der Waals surface area contributed by atoms with Crippen molar-refractivity contribution in [2.75, 3.05) is 19.6 Å². The smallest absolute Gasteiger partial charge is 0.410 e. The van der Waals surface area contributed by atoms with Crippen LogP contribution in [0.25, 0.3) is 0 Å². The van der Waals surface area contributed by atoms with E-state index in [0.29, 0.717) is 13.1 Å². The number of rotatable bonds is 2. The van der Waals surface area contributed by atoms with Gasteiger partial charge in [0.15, 0.2) is 0 Å². The number of piperazine rings is 1. The SMILES string of the molecule is CC(C)(C)OC(=O)N1CCN[C@@H](Cc2ccccc2Br)C1. The Kier molecular flexibility index (Phi) is 5.27. The molecule has 0 bridgehead atoms.